The number of benzene rings is 1. The largest absolute Gasteiger partial charge is 0.462 e. The Bertz CT molecular complexity index is 1450. The van der Waals surface area contributed by atoms with Gasteiger partial charge in [-0.05, 0) is 44.2 Å². The lowest BCUT2D eigenvalue weighted by Gasteiger charge is -2.41. The number of rotatable bonds is 5. The van der Waals surface area contributed by atoms with Gasteiger partial charge < -0.3 is 15.0 Å². The Hall–Kier alpha value is -4.60. The molecule has 0 saturated carbocycles. The minimum atomic E-state index is -1.28. The van der Waals surface area contributed by atoms with Crippen molar-refractivity contribution in [2.75, 3.05) is 11.9 Å². The summed E-state index contributed by atoms with van der Waals surface area (Å²) in [5.74, 6) is -0.678. The molecule has 35 heavy (non-hydrogen) atoms. The van der Waals surface area contributed by atoms with Gasteiger partial charge in [-0.1, -0.05) is 24.3 Å². The van der Waals surface area contributed by atoms with Gasteiger partial charge in [0.05, 0.1) is 24.7 Å². The van der Waals surface area contributed by atoms with E-state index in [0.717, 1.165) is 10.9 Å². The van der Waals surface area contributed by atoms with Gasteiger partial charge in [0, 0.05) is 11.6 Å². The molecule has 10 heteroatoms. The predicted molar refractivity (Wildman–Crippen MR) is 129 cm³/mol. The summed E-state index contributed by atoms with van der Waals surface area (Å²) in [4.78, 5) is 49.0. The van der Waals surface area contributed by atoms with E-state index in [1.54, 1.807) is 49.2 Å². The number of carbonyl (C=O) groups is 3. The average molecular weight is 470 g/mol. The van der Waals surface area contributed by atoms with Gasteiger partial charge >= 0.3 is 5.97 Å². The monoisotopic (exact) mass is 470 g/mol. The Morgan fingerprint density at radius 3 is 2.83 bits per heavy atom. The third kappa shape index (κ3) is 3.88. The van der Waals surface area contributed by atoms with Gasteiger partial charge in [-0.3, -0.25) is 9.59 Å². The lowest BCUT2D eigenvalue weighted by Crippen LogP contribution is -2.58. The van der Waals surface area contributed by atoms with E-state index < -0.39 is 23.3 Å². The van der Waals surface area contributed by atoms with Crippen LogP contribution in [0.1, 0.15) is 30.6 Å². The van der Waals surface area contributed by atoms with Gasteiger partial charge in [-0.25, -0.2) is 9.78 Å². The van der Waals surface area contributed by atoms with Crippen molar-refractivity contribution in [3.05, 3.63) is 72.6 Å². The van der Waals surface area contributed by atoms with Crippen LogP contribution in [0.3, 0.4) is 0 Å². The Kier molecular flexibility index (Phi) is 5.48. The number of nitrogens with zero attached hydrogens (tertiary/aromatic N) is 5. The molecule has 4 heterocycles. The number of nitrogens with one attached hydrogen (secondary N) is 1. The summed E-state index contributed by atoms with van der Waals surface area (Å²) in [5.41, 5.74) is -0.483. The van der Waals surface area contributed by atoms with Gasteiger partial charge in [0.25, 0.3) is 11.8 Å². The van der Waals surface area contributed by atoms with Crippen molar-refractivity contribution in [3.8, 4) is 5.82 Å². The van der Waals surface area contributed by atoms with E-state index in [0.29, 0.717) is 11.7 Å². The molecule has 2 aromatic heterocycles. The summed E-state index contributed by atoms with van der Waals surface area (Å²) >= 11 is 0. The number of amidine groups is 1. The predicted octanol–water partition coefficient (Wildman–Crippen LogP) is 3.01. The van der Waals surface area contributed by atoms with E-state index in [4.69, 9.17) is 4.74 Å². The van der Waals surface area contributed by atoms with Crippen LogP contribution in [0.15, 0.2) is 72.0 Å². The normalized spacial score (nSPS) is 18.9. The summed E-state index contributed by atoms with van der Waals surface area (Å²) < 4.78 is 6.56. The highest BCUT2D eigenvalue weighted by Gasteiger charge is 2.46. The summed E-state index contributed by atoms with van der Waals surface area (Å²) in [5, 5.41) is 8.08. The van der Waals surface area contributed by atoms with Crippen molar-refractivity contribution >= 4 is 40.3 Å². The van der Waals surface area contributed by atoms with Crippen molar-refractivity contribution < 1.29 is 19.1 Å². The summed E-state index contributed by atoms with van der Waals surface area (Å²) in [6, 6.07) is 11.2. The molecule has 2 aliphatic rings. The van der Waals surface area contributed by atoms with Crippen LogP contribution in [0, 0.1) is 0 Å². The van der Waals surface area contributed by atoms with Crippen LogP contribution in [0.2, 0.25) is 0 Å². The van der Waals surface area contributed by atoms with Crippen LogP contribution in [0.25, 0.3) is 16.7 Å². The highest BCUT2D eigenvalue weighted by Crippen LogP contribution is 2.31. The first-order valence-electron chi connectivity index (χ1n) is 11.1. The number of carbonyl (C=O) groups excluding carboxylic acids is 3. The van der Waals surface area contributed by atoms with Gasteiger partial charge in [-0.15, -0.1) is 0 Å². The number of hydrogen-bond donors (Lipinski definition) is 1. The van der Waals surface area contributed by atoms with Crippen molar-refractivity contribution in [2.24, 2.45) is 4.99 Å². The third-order valence-electron chi connectivity index (χ3n) is 5.89. The number of aliphatic imine (C=N–C) groups is 1. The number of hydrogen-bond acceptors (Lipinski definition) is 7. The van der Waals surface area contributed by atoms with E-state index >= 15 is 0 Å². The first-order chi connectivity index (χ1) is 16.9. The molecule has 1 aromatic carbocycles. The third-order valence-corrected chi connectivity index (χ3v) is 5.89. The Balaban J connectivity index is 1.57. The number of ether oxygens (including phenoxy) is 1. The minimum absolute atomic E-state index is 0.0730. The second-order valence-corrected chi connectivity index (χ2v) is 8.24. The second kappa shape index (κ2) is 8.64. The molecule has 176 valence electrons. The number of allylic oxidation sites excluding steroid dienone is 2. The number of aromatic nitrogens is 3. The second-order valence-electron chi connectivity index (χ2n) is 8.24. The van der Waals surface area contributed by atoms with Crippen LogP contribution in [-0.2, 0) is 14.3 Å². The van der Waals surface area contributed by atoms with Crippen LogP contribution < -0.4 is 5.32 Å². The lowest BCUT2D eigenvalue weighted by atomic mass is 9.91. The topological polar surface area (TPSA) is 119 Å². The minimum Gasteiger partial charge on any atom is -0.462 e. The SMILES string of the molecule is CCOC(=O)c1cnn(-c2ccc3ccccc3n2)c1NC(=O)C1(C)CC(=O)N=C2C=CC=CN21. The fraction of sp³-hybridized carbons (Fsp3) is 0.200. The van der Waals surface area contributed by atoms with Gasteiger partial charge in [0.1, 0.15) is 16.9 Å². The van der Waals surface area contributed by atoms with Crippen LogP contribution in [0.4, 0.5) is 5.82 Å². The lowest BCUT2D eigenvalue weighted by molar-refractivity contribution is -0.130. The molecule has 5 rings (SSSR count). The summed E-state index contributed by atoms with van der Waals surface area (Å²) in [6.07, 6.45) is 8.04. The molecule has 0 spiro atoms. The van der Waals surface area contributed by atoms with E-state index in [2.05, 4.69) is 20.4 Å². The Morgan fingerprint density at radius 1 is 1.17 bits per heavy atom. The maximum atomic E-state index is 13.7. The zero-order chi connectivity index (χ0) is 24.6. The first-order valence-corrected chi connectivity index (χ1v) is 11.1. The van der Waals surface area contributed by atoms with Crippen molar-refractivity contribution in [1.29, 1.82) is 0 Å². The molecule has 0 saturated heterocycles. The molecule has 2 aliphatic heterocycles. The molecule has 1 atom stereocenters. The molecule has 1 unspecified atom stereocenters. The molecule has 2 amide bonds. The van der Waals surface area contributed by atoms with Crippen LogP contribution in [-0.4, -0.2) is 55.4 Å². The number of amides is 2. The Labute approximate surface area is 200 Å². The quantitative estimate of drug-likeness (QED) is 0.570. The van der Waals surface area contributed by atoms with Crippen molar-refractivity contribution in [1.82, 2.24) is 19.7 Å². The number of para-hydroxylation sites is 1. The van der Waals surface area contributed by atoms with Gasteiger partial charge in [0.2, 0.25) is 0 Å². The number of esters is 1. The van der Waals surface area contributed by atoms with Gasteiger partial charge in [-0.2, -0.15) is 14.8 Å². The zero-order valence-electron chi connectivity index (χ0n) is 19.1. The standard InChI is InChI=1S/C25H22N6O4/c1-3-35-23(33)17-15-26-31(20-12-11-16-8-4-5-9-18(16)27-20)22(17)29-24(34)25(2)14-21(32)28-19-10-6-7-13-30(19)25/h4-13,15H,3,14H2,1-2H3,(H,29,34). The fourth-order valence-corrected chi connectivity index (χ4v) is 4.10. The van der Waals surface area contributed by atoms with E-state index in [1.165, 1.54) is 10.9 Å². The van der Waals surface area contributed by atoms with E-state index in [1.807, 2.05) is 30.3 Å². The van der Waals surface area contributed by atoms with Crippen molar-refractivity contribution in [2.45, 2.75) is 25.8 Å². The molecule has 3 aromatic rings. The van der Waals surface area contributed by atoms with E-state index in [9.17, 15) is 14.4 Å². The maximum Gasteiger partial charge on any atom is 0.343 e. The molecule has 10 nitrogen and oxygen atoms in total. The Morgan fingerprint density at radius 2 is 2.00 bits per heavy atom. The number of pyridine rings is 1. The molecule has 0 bridgehead atoms. The molecule has 0 aliphatic carbocycles. The molecular weight excluding hydrogens is 448 g/mol. The number of fused-ring (bicyclic) bond motifs is 2. The zero-order valence-corrected chi connectivity index (χ0v) is 19.1. The highest BCUT2D eigenvalue weighted by molar-refractivity contribution is 6.12. The first kappa shape index (κ1) is 22.2. The smallest absolute Gasteiger partial charge is 0.343 e. The highest BCUT2D eigenvalue weighted by atomic mass is 16.5. The van der Waals surface area contributed by atoms with Gasteiger partial charge in [0.15, 0.2) is 11.6 Å². The van der Waals surface area contributed by atoms with Crippen LogP contribution >= 0.6 is 0 Å². The molecule has 1 N–H and O–H groups in total. The van der Waals surface area contributed by atoms with Crippen molar-refractivity contribution in [3.63, 3.8) is 0 Å². The fourth-order valence-electron chi connectivity index (χ4n) is 4.10. The summed E-state index contributed by atoms with van der Waals surface area (Å²) in [7, 11) is 0. The average Bonchev–Trinajstić information content (AvgIpc) is 3.27. The van der Waals surface area contributed by atoms with E-state index in [-0.39, 0.29) is 24.4 Å². The molecular formula is C25H22N6O4. The number of anilines is 1. The van der Waals surface area contributed by atoms with Crippen LogP contribution in [0.5, 0.6) is 0 Å². The maximum absolute atomic E-state index is 13.7. The molecule has 0 fully saturated rings. The summed E-state index contributed by atoms with van der Waals surface area (Å²) in [6.45, 7) is 3.50. The molecule has 0 radical (unpaired) electrons.